The Bertz CT molecular complexity index is 746. The first kappa shape index (κ1) is 18.5. The average molecular weight is 393 g/mol. The molecule has 128 valence electrons. The zero-order chi connectivity index (χ0) is 17.7. The second-order valence-electron chi connectivity index (χ2n) is 5.81. The van der Waals surface area contributed by atoms with Crippen LogP contribution >= 0.6 is 15.9 Å². The topological polar surface area (TPSA) is 24.8 Å². The maximum Gasteiger partial charge on any atom is 0.141 e. The summed E-state index contributed by atoms with van der Waals surface area (Å²) in [5, 5.41) is 0. The fourth-order valence-corrected chi connectivity index (χ4v) is 2.51. The maximum atomic E-state index is 13.6. The van der Waals surface area contributed by atoms with Crippen LogP contribution in [0.3, 0.4) is 0 Å². The van der Waals surface area contributed by atoms with Gasteiger partial charge >= 0.3 is 0 Å². The molecule has 0 heterocycles. The second kappa shape index (κ2) is 8.29. The van der Waals surface area contributed by atoms with E-state index in [9.17, 15) is 4.39 Å². The number of halogens is 2. The van der Waals surface area contributed by atoms with E-state index in [0.29, 0.717) is 16.0 Å². The van der Waals surface area contributed by atoms with E-state index in [-0.39, 0.29) is 5.82 Å². The maximum absolute atomic E-state index is 13.6. The fourth-order valence-electron chi connectivity index (χ4n) is 2.26. The standard InChI is InChI=1S/C19H22BrFN2O/c1-5-8-23(4)12-22-18-9-14(3)19(10-13(18)2)24-15-6-7-16(20)17(21)11-15/h6-7,9-12H,5,8H2,1-4H3/b22-12+. The molecule has 0 saturated heterocycles. The van der Waals surface area contributed by atoms with Crippen LogP contribution in [0.25, 0.3) is 0 Å². The number of benzene rings is 2. The van der Waals surface area contributed by atoms with E-state index in [1.54, 1.807) is 12.1 Å². The van der Waals surface area contributed by atoms with Gasteiger partial charge in [0, 0.05) is 19.7 Å². The molecule has 0 fully saturated rings. The number of hydrogen-bond donors (Lipinski definition) is 0. The van der Waals surface area contributed by atoms with Gasteiger partial charge in [0.1, 0.15) is 17.3 Å². The van der Waals surface area contributed by atoms with Gasteiger partial charge in [-0.2, -0.15) is 0 Å². The van der Waals surface area contributed by atoms with Crippen molar-refractivity contribution >= 4 is 28.0 Å². The lowest BCUT2D eigenvalue weighted by Gasteiger charge is -2.13. The third-order valence-corrected chi connectivity index (χ3v) is 4.23. The predicted molar refractivity (Wildman–Crippen MR) is 101 cm³/mol. The van der Waals surface area contributed by atoms with E-state index in [2.05, 4.69) is 32.7 Å². The van der Waals surface area contributed by atoms with Crippen LogP contribution in [0.2, 0.25) is 0 Å². The normalized spacial score (nSPS) is 11.1. The van der Waals surface area contributed by atoms with Crippen LogP contribution in [0.4, 0.5) is 10.1 Å². The van der Waals surface area contributed by atoms with Crippen molar-refractivity contribution in [3.8, 4) is 11.5 Å². The van der Waals surface area contributed by atoms with E-state index in [1.165, 1.54) is 6.07 Å². The minimum atomic E-state index is -0.345. The zero-order valence-electron chi connectivity index (χ0n) is 14.4. The molecule has 0 aliphatic carbocycles. The smallest absolute Gasteiger partial charge is 0.141 e. The zero-order valence-corrected chi connectivity index (χ0v) is 16.0. The van der Waals surface area contributed by atoms with E-state index in [0.717, 1.165) is 29.8 Å². The van der Waals surface area contributed by atoms with Gasteiger partial charge in [-0.05, 0) is 71.6 Å². The first-order valence-electron chi connectivity index (χ1n) is 7.89. The van der Waals surface area contributed by atoms with Gasteiger partial charge < -0.3 is 9.64 Å². The molecule has 0 aromatic heterocycles. The van der Waals surface area contributed by atoms with Gasteiger partial charge in [-0.25, -0.2) is 9.38 Å². The summed E-state index contributed by atoms with van der Waals surface area (Å²) >= 11 is 3.14. The summed E-state index contributed by atoms with van der Waals surface area (Å²) in [7, 11) is 2.01. The largest absolute Gasteiger partial charge is 0.457 e. The summed E-state index contributed by atoms with van der Waals surface area (Å²) in [5.74, 6) is 0.828. The van der Waals surface area contributed by atoms with Crippen molar-refractivity contribution in [2.24, 2.45) is 4.99 Å². The Morgan fingerprint density at radius 3 is 2.62 bits per heavy atom. The van der Waals surface area contributed by atoms with E-state index in [4.69, 9.17) is 4.74 Å². The lowest BCUT2D eigenvalue weighted by Crippen LogP contribution is -2.16. The number of ether oxygens (including phenoxy) is 1. The van der Waals surface area contributed by atoms with Crippen LogP contribution in [0.1, 0.15) is 24.5 Å². The summed E-state index contributed by atoms with van der Waals surface area (Å²) in [6, 6.07) is 8.64. The van der Waals surface area contributed by atoms with Crippen LogP contribution in [-0.2, 0) is 0 Å². The quantitative estimate of drug-likeness (QED) is 0.444. The Balaban J connectivity index is 2.21. The molecule has 0 atom stereocenters. The molecule has 0 bridgehead atoms. The van der Waals surface area contributed by atoms with E-state index in [1.807, 2.05) is 39.4 Å². The summed E-state index contributed by atoms with van der Waals surface area (Å²) in [5.41, 5.74) is 2.87. The summed E-state index contributed by atoms with van der Waals surface area (Å²) in [6.07, 6.45) is 2.92. The highest BCUT2D eigenvalue weighted by Gasteiger charge is 2.08. The summed E-state index contributed by atoms with van der Waals surface area (Å²) < 4.78 is 19.9. The third-order valence-electron chi connectivity index (χ3n) is 3.58. The molecule has 0 aliphatic rings. The molecule has 2 aromatic rings. The van der Waals surface area contributed by atoms with Gasteiger partial charge in [-0.3, -0.25) is 0 Å². The highest BCUT2D eigenvalue weighted by atomic mass is 79.9. The minimum Gasteiger partial charge on any atom is -0.457 e. The third kappa shape index (κ3) is 4.81. The lowest BCUT2D eigenvalue weighted by molar-refractivity contribution is 0.472. The number of aryl methyl sites for hydroxylation is 2. The predicted octanol–water partition coefficient (Wildman–Crippen LogP) is 6.00. The molecule has 0 unspecified atom stereocenters. The fraction of sp³-hybridized carbons (Fsp3) is 0.316. The van der Waals surface area contributed by atoms with Crippen molar-refractivity contribution in [2.45, 2.75) is 27.2 Å². The molecule has 2 aromatic carbocycles. The van der Waals surface area contributed by atoms with E-state index < -0.39 is 0 Å². The first-order chi connectivity index (χ1) is 11.4. The lowest BCUT2D eigenvalue weighted by atomic mass is 10.1. The molecule has 0 aliphatic heterocycles. The Morgan fingerprint density at radius 2 is 1.96 bits per heavy atom. The molecule has 0 spiro atoms. The van der Waals surface area contributed by atoms with Gasteiger partial charge in [0.25, 0.3) is 0 Å². The molecule has 0 N–H and O–H groups in total. The Morgan fingerprint density at radius 1 is 1.21 bits per heavy atom. The molecule has 0 radical (unpaired) electrons. The van der Waals surface area contributed by atoms with Gasteiger partial charge in [0.05, 0.1) is 16.5 Å². The van der Waals surface area contributed by atoms with Crippen molar-refractivity contribution in [3.63, 3.8) is 0 Å². The molecular formula is C19H22BrFN2O. The minimum absolute atomic E-state index is 0.345. The molecule has 0 saturated carbocycles. The van der Waals surface area contributed by atoms with Crippen molar-refractivity contribution in [1.29, 1.82) is 0 Å². The van der Waals surface area contributed by atoms with E-state index >= 15 is 0 Å². The Labute approximate surface area is 151 Å². The molecule has 3 nitrogen and oxygen atoms in total. The summed E-state index contributed by atoms with van der Waals surface area (Å²) in [4.78, 5) is 6.60. The number of aliphatic imine (C=N–C) groups is 1. The number of rotatable bonds is 6. The molecule has 0 amide bonds. The molecular weight excluding hydrogens is 371 g/mol. The molecule has 2 rings (SSSR count). The van der Waals surface area contributed by atoms with Crippen LogP contribution < -0.4 is 4.74 Å². The van der Waals surface area contributed by atoms with Crippen LogP contribution in [-0.4, -0.2) is 24.8 Å². The van der Waals surface area contributed by atoms with Crippen molar-refractivity contribution in [2.75, 3.05) is 13.6 Å². The highest BCUT2D eigenvalue weighted by molar-refractivity contribution is 9.10. The first-order valence-corrected chi connectivity index (χ1v) is 8.68. The highest BCUT2D eigenvalue weighted by Crippen LogP contribution is 2.32. The van der Waals surface area contributed by atoms with Gasteiger partial charge in [-0.15, -0.1) is 0 Å². The number of hydrogen-bond acceptors (Lipinski definition) is 2. The van der Waals surface area contributed by atoms with Crippen molar-refractivity contribution in [1.82, 2.24) is 4.90 Å². The van der Waals surface area contributed by atoms with Crippen LogP contribution in [0.15, 0.2) is 39.8 Å². The van der Waals surface area contributed by atoms with Crippen molar-refractivity contribution < 1.29 is 9.13 Å². The Kier molecular flexibility index (Phi) is 6.37. The molecule has 24 heavy (non-hydrogen) atoms. The van der Waals surface area contributed by atoms with Gasteiger partial charge in [-0.1, -0.05) is 6.92 Å². The van der Waals surface area contributed by atoms with Crippen LogP contribution in [0.5, 0.6) is 11.5 Å². The SMILES string of the molecule is CCCN(C)/C=N/c1cc(C)c(Oc2ccc(Br)c(F)c2)cc1C. The monoisotopic (exact) mass is 392 g/mol. The second-order valence-corrected chi connectivity index (χ2v) is 6.66. The molecule has 5 heteroatoms. The number of nitrogens with zero attached hydrogens (tertiary/aromatic N) is 2. The van der Waals surface area contributed by atoms with Gasteiger partial charge in [0.2, 0.25) is 0 Å². The average Bonchev–Trinajstić information content (AvgIpc) is 2.53. The van der Waals surface area contributed by atoms with Gasteiger partial charge in [0.15, 0.2) is 0 Å². The van der Waals surface area contributed by atoms with Crippen molar-refractivity contribution in [3.05, 3.63) is 51.7 Å². The van der Waals surface area contributed by atoms with Crippen LogP contribution in [0, 0.1) is 19.7 Å². The summed E-state index contributed by atoms with van der Waals surface area (Å²) in [6.45, 7) is 7.05. The Hall–Kier alpha value is -1.88.